The molecule has 0 spiro atoms. The minimum atomic E-state index is -0.0766. The first kappa shape index (κ1) is 15.0. The van der Waals surface area contributed by atoms with E-state index in [0.717, 1.165) is 37.6 Å². The Morgan fingerprint density at radius 2 is 2.28 bits per heavy atom. The highest BCUT2D eigenvalue weighted by Gasteiger charge is 2.44. The fourth-order valence-electron chi connectivity index (χ4n) is 3.93. The third kappa shape index (κ3) is 2.52. The Morgan fingerprint density at radius 3 is 3.12 bits per heavy atom. The lowest BCUT2D eigenvalue weighted by atomic mass is 9.82. The van der Waals surface area contributed by atoms with Gasteiger partial charge in [-0.3, -0.25) is 9.69 Å². The Balaban J connectivity index is 1.27. The van der Waals surface area contributed by atoms with Crippen LogP contribution in [0.5, 0.6) is 0 Å². The molecule has 2 fully saturated rings. The highest BCUT2D eigenvalue weighted by atomic mass is 32.1. The van der Waals surface area contributed by atoms with Crippen LogP contribution in [0.2, 0.25) is 0 Å². The van der Waals surface area contributed by atoms with E-state index in [-0.39, 0.29) is 5.91 Å². The number of hydrogen-bond donors (Lipinski definition) is 0. The molecular formula is C17H17N5O2S. The second-order valence-electron chi connectivity index (χ2n) is 6.61. The molecule has 3 aromatic rings. The molecule has 0 aliphatic carbocycles. The Bertz CT molecular complexity index is 909. The molecule has 0 N–H and O–H groups in total. The number of thiazole rings is 1. The molecule has 3 aromatic heterocycles. The van der Waals surface area contributed by atoms with E-state index in [9.17, 15) is 4.79 Å². The van der Waals surface area contributed by atoms with Gasteiger partial charge in [-0.15, -0.1) is 11.3 Å². The summed E-state index contributed by atoms with van der Waals surface area (Å²) in [5.74, 6) is 0.762. The standard InChI is InChI=1S/C17H17N5O2S/c23-17(15-12-2-1-4-19-16(12)20-24-15)21-6-3-13-11(8-21)9-22(13)10-14-18-5-7-25-14/h1-2,4-5,7,11,13H,3,6,8-10H2/t11-,13-/m0/s1. The monoisotopic (exact) mass is 355 g/mol. The van der Waals surface area contributed by atoms with Gasteiger partial charge >= 0.3 is 0 Å². The van der Waals surface area contributed by atoms with Crippen LogP contribution in [-0.2, 0) is 6.54 Å². The van der Waals surface area contributed by atoms with Crippen molar-refractivity contribution in [3.05, 3.63) is 40.7 Å². The average Bonchev–Trinajstić information content (AvgIpc) is 3.28. The lowest BCUT2D eigenvalue weighted by Crippen LogP contribution is -2.63. The van der Waals surface area contributed by atoms with Crippen molar-refractivity contribution in [1.29, 1.82) is 0 Å². The summed E-state index contributed by atoms with van der Waals surface area (Å²) in [7, 11) is 0. The Morgan fingerprint density at radius 1 is 1.32 bits per heavy atom. The fraction of sp³-hybridized carbons (Fsp3) is 0.412. The number of carbonyl (C=O) groups is 1. The van der Waals surface area contributed by atoms with Gasteiger partial charge in [-0.05, 0) is 18.6 Å². The Kier molecular flexibility index (Phi) is 3.53. The average molecular weight is 355 g/mol. The summed E-state index contributed by atoms with van der Waals surface area (Å²) in [6.45, 7) is 3.47. The molecule has 5 rings (SSSR count). The molecule has 0 bridgehead atoms. The second kappa shape index (κ2) is 5.89. The van der Waals surface area contributed by atoms with E-state index >= 15 is 0 Å². The van der Waals surface area contributed by atoms with Gasteiger partial charge in [0.2, 0.25) is 11.4 Å². The van der Waals surface area contributed by atoms with Crippen molar-refractivity contribution in [1.82, 2.24) is 24.9 Å². The van der Waals surface area contributed by atoms with Crippen molar-refractivity contribution in [3.8, 4) is 0 Å². The van der Waals surface area contributed by atoms with Crippen LogP contribution < -0.4 is 0 Å². The summed E-state index contributed by atoms with van der Waals surface area (Å²) < 4.78 is 5.28. The first-order chi connectivity index (χ1) is 12.3. The number of likely N-dealkylation sites (tertiary alicyclic amines) is 2. The molecule has 1 amide bonds. The van der Waals surface area contributed by atoms with Gasteiger partial charge in [0, 0.05) is 49.4 Å². The van der Waals surface area contributed by atoms with E-state index in [2.05, 4.69) is 20.0 Å². The number of pyridine rings is 1. The molecule has 0 radical (unpaired) electrons. The molecule has 0 aromatic carbocycles. The van der Waals surface area contributed by atoms with Gasteiger partial charge in [0.1, 0.15) is 5.01 Å². The molecule has 2 aliphatic rings. The van der Waals surface area contributed by atoms with Gasteiger partial charge in [0.15, 0.2) is 0 Å². The topological polar surface area (TPSA) is 75.4 Å². The molecule has 5 heterocycles. The highest BCUT2D eigenvalue weighted by Crippen LogP contribution is 2.34. The van der Waals surface area contributed by atoms with Crippen LogP contribution >= 0.6 is 11.3 Å². The summed E-state index contributed by atoms with van der Waals surface area (Å²) in [5.41, 5.74) is 0.485. The van der Waals surface area contributed by atoms with Crippen LogP contribution in [0.4, 0.5) is 0 Å². The fourth-order valence-corrected chi connectivity index (χ4v) is 4.57. The van der Waals surface area contributed by atoms with Crippen molar-refractivity contribution in [3.63, 3.8) is 0 Å². The molecule has 2 saturated heterocycles. The van der Waals surface area contributed by atoms with Crippen LogP contribution in [-0.4, -0.2) is 56.5 Å². The number of amides is 1. The van der Waals surface area contributed by atoms with Crippen LogP contribution in [0, 0.1) is 5.92 Å². The van der Waals surface area contributed by atoms with Gasteiger partial charge in [0.25, 0.3) is 5.91 Å². The smallest absolute Gasteiger partial charge is 0.293 e. The van der Waals surface area contributed by atoms with Gasteiger partial charge in [-0.2, -0.15) is 0 Å². The molecule has 0 unspecified atom stereocenters. The minimum Gasteiger partial charge on any atom is -0.348 e. The second-order valence-corrected chi connectivity index (χ2v) is 7.59. The lowest BCUT2D eigenvalue weighted by Gasteiger charge is -2.53. The molecule has 8 heteroatoms. The summed E-state index contributed by atoms with van der Waals surface area (Å²) in [5, 5.41) is 7.76. The van der Waals surface area contributed by atoms with Crippen molar-refractivity contribution in [2.24, 2.45) is 5.92 Å². The summed E-state index contributed by atoms with van der Waals surface area (Å²) in [4.78, 5) is 25.7. The number of hydrogen-bond acceptors (Lipinski definition) is 7. The third-order valence-electron chi connectivity index (χ3n) is 5.19. The van der Waals surface area contributed by atoms with Crippen molar-refractivity contribution < 1.29 is 9.32 Å². The predicted octanol–water partition coefficient (Wildman–Crippen LogP) is 2.03. The molecule has 0 saturated carbocycles. The first-order valence-electron chi connectivity index (χ1n) is 8.41. The van der Waals surface area contributed by atoms with Gasteiger partial charge in [-0.1, -0.05) is 5.16 Å². The zero-order valence-electron chi connectivity index (χ0n) is 13.5. The van der Waals surface area contributed by atoms with E-state index < -0.39 is 0 Å². The van der Waals surface area contributed by atoms with Crippen LogP contribution in [0.15, 0.2) is 34.4 Å². The summed E-state index contributed by atoms with van der Waals surface area (Å²) in [6, 6.07) is 4.18. The maximum absolute atomic E-state index is 12.8. The molecule has 128 valence electrons. The zero-order valence-corrected chi connectivity index (χ0v) is 14.4. The largest absolute Gasteiger partial charge is 0.348 e. The van der Waals surface area contributed by atoms with Crippen molar-refractivity contribution in [2.45, 2.75) is 19.0 Å². The molecular weight excluding hydrogens is 338 g/mol. The molecule has 2 atom stereocenters. The number of piperidine rings is 1. The summed E-state index contributed by atoms with van der Waals surface area (Å²) >= 11 is 1.70. The van der Waals surface area contributed by atoms with Crippen LogP contribution in [0.3, 0.4) is 0 Å². The maximum atomic E-state index is 12.8. The van der Waals surface area contributed by atoms with E-state index in [1.54, 1.807) is 23.6 Å². The first-order valence-corrected chi connectivity index (χ1v) is 9.29. The molecule has 25 heavy (non-hydrogen) atoms. The van der Waals surface area contributed by atoms with E-state index in [1.807, 2.05) is 22.5 Å². The van der Waals surface area contributed by atoms with Crippen LogP contribution in [0.25, 0.3) is 11.0 Å². The van der Waals surface area contributed by atoms with Gasteiger partial charge in [0.05, 0.1) is 11.9 Å². The zero-order chi connectivity index (χ0) is 16.8. The van der Waals surface area contributed by atoms with Crippen molar-refractivity contribution >= 4 is 28.3 Å². The van der Waals surface area contributed by atoms with E-state index in [1.165, 1.54) is 0 Å². The Hall–Kier alpha value is -2.32. The predicted molar refractivity (Wildman–Crippen MR) is 92.1 cm³/mol. The number of carbonyl (C=O) groups excluding carboxylic acids is 1. The Labute approximate surface area is 148 Å². The van der Waals surface area contributed by atoms with Gasteiger partial charge in [-0.25, -0.2) is 9.97 Å². The quantitative estimate of drug-likeness (QED) is 0.716. The van der Waals surface area contributed by atoms with Gasteiger partial charge < -0.3 is 9.42 Å². The summed E-state index contributed by atoms with van der Waals surface area (Å²) in [6.07, 6.45) is 4.50. The number of rotatable bonds is 3. The molecule has 7 nitrogen and oxygen atoms in total. The minimum absolute atomic E-state index is 0.0766. The van der Waals surface area contributed by atoms with E-state index in [0.29, 0.717) is 28.8 Å². The highest BCUT2D eigenvalue weighted by molar-refractivity contribution is 7.09. The maximum Gasteiger partial charge on any atom is 0.293 e. The number of fused-ring (bicyclic) bond motifs is 2. The normalized spacial score (nSPS) is 23.4. The lowest BCUT2D eigenvalue weighted by molar-refractivity contribution is -0.0428. The van der Waals surface area contributed by atoms with E-state index in [4.69, 9.17) is 4.52 Å². The van der Waals surface area contributed by atoms with Crippen LogP contribution in [0.1, 0.15) is 22.0 Å². The third-order valence-corrected chi connectivity index (χ3v) is 5.95. The number of aromatic nitrogens is 3. The molecule has 2 aliphatic heterocycles. The number of nitrogens with zero attached hydrogens (tertiary/aromatic N) is 5. The SMILES string of the molecule is O=C(c1onc2ncccc12)N1CC[C@H]2[C@@H](C1)CN2Cc1nccs1. The van der Waals surface area contributed by atoms with Crippen molar-refractivity contribution in [2.75, 3.05) is 19.6 Å².